The van der Waals surface area contributed by atoms with Gasteiger partial charge in [0.25, 0.3) is 0 Å². The molecule has 1 aromatic heterocycles. The minimum absolute atomic E-state index is 0.0263. The topological polar surface area (TPSA) is 70.2 Å². The van der Waals surface area contributed by atoms with E-state index in [4.69, 9.17) is 4.74 Å². The number of ether oxygens (including phenoxy) is 1. The van der Waals surface area contributed by atoms with Crippen molar-refractivity contribution in [2.24, 2.45) is 0 Å². The molecule has 0 unspecified atom stereocenters. The maximum absolute atomic E-state index is 10.8. The number of hydrogen-bond acceptors (Lipinski definition) is 4. The van der Waals surface area contributed by atoms with Crippen LogP contribution in [0.5, 0.6) is 5.75 Å². The third kappa shape index (κ3) is 3.14. The van der Waals surface area contributed by atoms with Crippen LogP contribution >= 0.6 is 0 Å². The summed E-state index contributed by atoms with van der Waals surface area (Å²) in [5.41, 5.74) is 1.08. The Kier molecular flexibility index (Phi) is 4.34. The van der Waals surface area contributed by atoms with Crippen LogP contribution in [0.25, 0.3) is 0 Å². The van der Waals surface area contributed by atoms with Crippen molar-refractivity contribution >= 4 is 5.82 Å². The maximum Gasteiger partial charge on any atom is 0.342 e. The number of hydrogen-bond donors (Lipinski definition) is 0. The van der Waals surface area contributed by atoms with Crippen molar-refractivity contribution in [3.8, 4) is 5.75 Å². The van der Waals surface area contributed by atoms with Crippen LogP contribution in [0.2, 0.25) is 0 Å². The average molecular weight is 275 g/mol. The van der Waals surface area contributed by atoms with Crippen LogP contribution in [0.3, 0.4) is 0 Å². The predicted octanol–water partition coefficient (Wildman–Crippen LogP) is 2.88. The number of aromatic nitrogens is 2. The van der Waals surface area contributed by atoms with Gasteiger partial charge in [0.15, 0.2) is 5.82 Å². The van der Waals surface area contributed by atoms with E-state index in [1.165, 1.54) is 6.20 Å². The average Bonchev–Trinajstić information content (AvgIpc) is 2.78. The minimum Gasteiger partial charge on any atom is -0.493 e. The Labute approximate surface area is 117 Å². The Morgan fingerprint density at radius 1 is 1.35 bits per heavy atom. The molecule has 0 N–H and O–H groups in total. The third-order valence-corrected chi connectivity index (χ3v) is 3.10. The van der Waals surface area contributed by atoms with Crippen molar-refractivity contribution in [1.82, 2.24) is 9.55 Å². The van der Waals surface area contributed by atoms with Crippen molar-refractivity contribution < 1.29 is 9.66 Å². The first-order valence-corrected chi connectivity index (χ1v) is 6.44. The number of nitrogens with zero attached hydrogens (tertiary/aromatic N) is 3. The minimum atomic E-state index is -0.414. The molecule has 2 rings (SSSR count). The molecule has 0 radical (unpaired) electrons. The lowest BCUT2D eigenvalue weighted by atomic mass is 10.2. The number of para-hydroxylation sites is 1. The third-order valence-electron chi connectivity index (χ3n) is 3.10. The van der Waals surface area contributed by atoms with Gasteiger partial charge in [-0.05, 0) is 23.5 Å². The highest BCUT2D eigenvalue weighted by Gasteiger charge is 2.16. The largest absolute Gasteiger partial charge is 0.493 e. The molecule has 0 aliphatic heterocycles. The normalized spacial score (nSPS) is 10.5. The van der Waals surface area contributed by atoms with Crippen LogP contribution in [0.4, 0.5) is 5.82 Å². The first-order valence-electron chi connectivity index (χ1n) is 6.44. The fraction of sp³-hybridized carbons (Fsp3) is 0.357. The van der Waals surface area contributed by atoms with Crippen molar-refractivity contribution in [2.75, 3.05) is 6.61 Å². The Bertz CT molecular complexity index is 607. The summed E-state index contributed by atoms with van der Waals surface area (Å²) in [5, 5.41) is 10.8. The second kappa shape index (κ2) is 6.18. The van der Waals surface area contributed by atoms with Crippen molar-refractivity contribution in [3.63, 3.8) is 0 Å². The molecular weight excluding hydrogens is 258 g/mol. The van der Waals surface area contributed by atoms with Gasteiger partial charge in [-0.2, -0.15) is 0 Å². The van der Waals surface area contributed by atoms with E-state index in [0.717, 1.165) is 11.3 Å². The second-order valence-electron chi connectivity index (χ2n) is 4.54. The summed E-state index contributed by atoms with van der Waals surface area (Å²) in [5.74, 6) is 1.52. The molecule has 0 bridgehead atoms. The van der Waals surface area contributed by atoms with Crippen LogP contribution in [0, 0.1) is 24.0 Å². The molecule has 0 spiro atoms. The first-order chi connectivity index (χ1) is 9.59. The van der Waals surface area contributed by atoms with E-state index in [1.807, 2.05) is 31.2 Å². The number of nitro groups is 1. The van der Waals surface area contributed by atoms with E-state index < -0.39 is 4.92 Å². The standard InChI is InChI=1S/C14H17N3O3/c1-11-6-3-4-7-13(11)20-9-5-8-16-12(2)15-10-14(16)17(18)19/h3-4,6-7,10H,5,8-9H2,1-2H3. The summed E-state index contributed by atoms with van der Waals surface area (Å²) < 4.78 is 7.27. The van der Waals surface area contributed by atoms with Crippen LogP contribution in [0.15, 0.2) is 30.5 Å². The fourth-order valence-electron chi connectivity index (χ4n) is 2.00. The lowest BCUT2D eigenvalue weighted by molar-refractivity contribution is -0.392. The van der Waals surface area contributed by atoms with Crippen LogP contribution < -0.4 is 4.74 Å². The zero-order valence-corrected chi connectivity index (χ0v) is 11.6. The molecular formula is C14H17N3O3. The molecule has 1 aromatic carbocycles. The van der Waals surface area contributed by atoms with E-state index in [2.05, 4.69) is 4.98 Å². The highest BCUT2D eigenvalue weighted by Crippen LogP contribution is 2.17. The molecule has 0 aliphatic rings. The molecule has 0 amide bonds. The van der Waals surface area contributed by atoms with Gasteiger partial charge in [-0.1, -0.05) is 18.2 Å². The molecule has 1 heterocycles. The van der Waals surface area contributed by atoms with E-state index in [0.29, 0.717) is 25.4 Å². The van der Waals surface area contributed by atoms with E-state index in [1.54, 1.807) is 11.5 Å². The van der Waals surface area contributed by atoms with Gasteiger partial charge < -0.3 is 14.9 Å². The zero-order chi connectivity index (χ0) is 14.5. The molecule has 106 valence electrons. The quantitative estimate of drug-likeness (QED) is 0.461. The molecule has 6 heteroatoms. The summed E-state index contributed by atoms with van der Waals surface area (Å²) >= 11 is 0. The Balaban J connectivity index is 1.89. The Morgan fingerprint density at radius 3 is 2.80 bits per heavy atom. The molecule has 0 aliphatic carbocycles. The number of benzene rings is 1. The van der Waals surface area contributed by atoms with Gasteiger partial charge in [0.2, 0.25) is 0 Å². The lowest BCUT2D eigenvalue weighted by Crippen LogP contribution is -2.08. The van der Waals surface area contributed by atoms with Crippen molar-refractivity contribution in [2.45, 2.75) is 26.8 Å². The van der Waals surface area contributed by atoms with Gasteiger partial charge in [0.1, 0.15) is 11.9 Å². The maximum atomic E-state index is 10.8. The first kappa shape index (κ1) is 14.0. The second-order valence-corrected chi connectivity index (χ2v) is 4.54. The molecule has 0 saturated heterocycles. The molecule has 20 heavy (non-hydrogen) atoms. The van der Waals surface area contributed by atoms with Crippen LogP contribution in [-0.2, 0) is 6.54 Å². The molecule has 0 fully saturated rings. The summed E-state index contributed by atoms with van der Waals surface area (Å²) in [7, 11) is 0. The van der Waals surface area contributed by atoms with Gasteiger partial charge >= 0.3 is 5.82 Å². The summed E-state index contributed by atoms with van der Waals surface area (Å²) in [6.45, 7) is 4.78. The summed E-state index contributed by atoms with van der Waals surface area (Å²) in [6.07, 6.45) is 1.98. The number of imidazole rings is 1. The predicted molar refractivity (Wildman–Crippen MR) is 74.9 cm³/mol. The van der Waals surface area contributed by atoms with Gasteiger partial charge in [-0.25, -0.2) is 9.55 Å². The van der Waals surface area contributed by atoms with E-state index in [9.17, 15) is 10.1 Å². The highest BCUT2D eigenvalue weighted by atomic mass is 16.6. The van der Waals surface area contributed by atoms with E-state index in [-0.39, 0.29) is 5.82 Å². The summed E-state index contributed by atoms with van der Waals surface area (Å²) in [6, 6.07) is 7.79. The van der Waals surface area contributed by atoms with Crippen LogP contribution in [-0.4, -0.2) is 21.1 Å². The Morgan fingerprint density at radius 2 is 2.10 bits per heavy atom. The Hall–Kier alpha value is -2.37. The number of rotatable bonds is 6. The SMILES string of the molecule is Cc1ccccc1OCCCn1c([N+](=O)[O-])cnc1C. The summed E-state index contributed by atoms with van der Waals surface area (Å²) in [4.78, 5) is 14.4. The van der Waals surface area contributed by atoms with Gasteiger partial charge in [-0.15, -0.1) is 0 Å². The smallest absolute Gasteiger partial charge is 0.342 e. The van der Waals surface area contributed by atoms with Crippen molar-refractivity contribution in [1.29, 1.82) is 0 Å². The molecule has 0 atom stereocenters. The van der Waals surface area contributed by atoms with Gasteiger partial charge in [0.05, 0.1) is 13.2 Å². The molecule has 0 saturated carbocycles. The molecule has 6 nitrogen and oxygen atoms in total. The zero-order valence-electron chi connectivity index (χ0n) is 11.6. The fourth-order valence-corrected chi connectivity index (χ4v) is 2.00. The van der Waals surface area contributed by atoms with Crippen LogP contribution in [0.1, 0.15) is 17.8 Å². The number of aryl methyl sites for hydroxylation is 2. The lowest BCUT2D eigenvalue weighted by Gasteiger charge is -2.08. The highest BCUT2D eigenvalue weighted by molar-refractivity contribution is 5.31. The van der Waals surface area contributed by atoms with E-state index >= 15 is 0 Å². The van der Waals surface area contributed by atoms with Crippen molar-refractivity contribution in [3.05, 3.63) is 52.0 Å². The van der Waals surface area contributed by atoms with Gasteiger partial charge in [-0.3, -0.25) is 0 Å². The molecule has 2 aromatic rings. The van der Waals surface area contributed by atoms with Gasteiger partial charge in [0, 0.05) is 13.3 Å². The monoisotopic (exact) mass is 275 g/mol.